The molecule has 0 aliphatic heterocycles. The number of aliphatic carboxylic acids is 1. The van der Waals surface area contributed by atoms with Gasteiger partial charge in [0.25, 0.3) is 12.1 Å². The van der Waals surface area contributed by atoms with Gasteiger partial charge in [-0.15, -0.1) is 0 Å². The molecule has 0 aliphatic carbocycles. The Bertz CT molecular complexity index is 478. The maximum Gasteiger partial charge on any atom is 0.308 e. The summed E-state index contributed by atoms with van der Waals surface area (Å²) in [5.41, 5.74) is -3.03. The lowest BCUT2D eigenvalue weighted by molar-refractivity contribution is -0.385. The van der Waals surface area contributed by atoms with Crippen LogP contribution in [0.5, 0.6) is 0 Å². The van der Waals surface area contributed by atoms with Gasteiger partial charge in [0.2, 0.25) is 5.95 Å². The minimum Gasteiger partial charge on any atom is -0.481 e. The van der Waals surface area contributed by atoms with E-state index in [0.717, 1.165) is 0 Å². The van der Waals surface area contributed by atoms with Gasteiger partial charge in [0.05, 0.1) is 23.0 Å². The van der Waals surface area contributed by atoms with Gasteiger partial charge in [-0.2, -0.15) is 4.39 Å². The lowest BCUT2D eigenvalue weighted by Crippen LogP contribution is -2.10. The van der Waals surface area contributed by atoms with Crippen molar-refractivity contribution in [2.24, 2.45) is 0 Å². The fraction of sp³-hybridized carbons (Fsp3) is 0.250. The molecule has 0 fully saturated rings. The van der Waals surface area contributed by atoms with E-state index in [-0.39, 0.29) is 0 Å². The molecule has 1 aromatic heterocycles. The molecule has 0 atom stereocenters. The summed E-state index contributed by atoms with van der Waals surface area (Å²) in [5, 5.41) is 19.0. The van der Waals surface area contributed by atoms with Crippen molar-refractivity contribution in [2.45, 2.75) is 12.8 Å². The minimum atomic E-state index is -3.29. The Morgan fingerprint density at radius 2 is 2.18 bits per heavy atom. The van der Waals surface area contributed by atoms with Crippen molar-refractivity contribution in [3.8, 4) is 0 Å². The summed E-state index contributed by atoms with van der Waals surface area (Å²) in [6.45, 7) is 0. The summed E-state index contributed by atoms with van der Waals surface area (Å²) >= 11 is 0. The summed E-state index contributed by atoms with van der Waals surface area (Å²) in [5.74, 6) is -3.01. The van der Waals surface area contributed by atoms with Gasteiger partial charge < -0.3 is 5.11 Å². The Morgan fingerprint density at radius 1 is 1.59 bits per heavy atom. The zero-order chi connectivity index (χ0) is 13.2. The topological polar surface area (TPSA) is 93.3 Å². The van der Waals surface area contributed by atoms with Gasteiger partial charge in [-0.05, 0) is 0 Å². The van der Waals surface area contributed by atoms with Crippen LogP contribution in [-0.2, 0) is 11.2 Å². The molecule has 0 aliphatic rings. The summed E-state index contributed by atoms with van der Waals surface area (Å²) in [7, 11) is 0. The Balaban J connectivity index is 3.46. The van der Waals surface area contributed by atoms with Crippen molar-refractivity contribution in [3.05, 3.63) is 33.4 Å². The number of carbonyl (C=O) groups is 1. The molecule has 9 heteroatoms. The highest BCUT2D eigenvalue weighted by atomic mass is 19.3. The third kappa shape index (κ3) is 2.89. The SMILES string of the molecule is O=C(O)Cc1c([N+](=O)[O-])cc(F)nc1C(F)F. The molecule has 1 rings (SSSR count). The van der Waals surface area contributed by atoms with Crippen molar-refractivity contribution in [2.75, 3.05) is 0 Å². The number of carboxylic acid groups (broad SMARTS) is 1. The third-order valence-corrected chi connectivity index (χ3v) is 1.83. The van der Waals surface area contributed by atoms with Gasteiger partial charge in [-0.3, -0.25) is 14.9 Å². The van der Waals surface area contributed by atoms with Crippen molar-refractivity contribution in [3.63, 3.8) is 0 Å². The Morgan fingerprint density at radius 3 is 2.59 bits per heavy atom. The third-order valence-electron chi connectivity index (χ3n) is 1.83. The van der Waals surface area contributed by atoms with Gasteiger partial charge in [-0.25, -0.2) is 13.8 Å². The van der Waals surface area contributed by atoms with Gasteiger partial charge in [-0.1, -0.05) is 0 Å². The molecule has 0 saturated carbocycles. The molecule has 0 aromatic carbocycles. The number of alkyl halides is 2. The summed E-state index contributed by atoms with van der Waals surface area (Å²) < 4.78 is 37.7. The highest BCUT2D eigenvalue weighted by Crippen LogP contribution is 2.29. The van der Waals surface area contributed by atoms with E-state index in [0.29, 0.717) is 6.07 Å². The number of pyridine rings is 1. The Labute approximate surface area is 91.9 Å². The molecule has 0 unspecified atom stereocenters. The van der Waals surface area contributed by atoms with Crippen LogP contribution >= 0.6 is 0 Å². The number of carboxylic acids is 1. The number of aromatic nitrogens is 1. The molecular weight excluding hydrogens is 245 g/mol. The zero-order valence-corrected chi connectivity index (χ0v) is 8.06. The molecule has 92 valence electrons. The van der Waals surface area contributed by atoms with E-state index in [9.17, 15) is 28.1 Å². The fourth-order valence-electron chi connectivity index (χ4n) is 1.22. The lowest BCUT2D eigenvalue weighted by Gasteiger charge is -2.06. The summed E-state index contributed by atoms with van der Waals surface area (Å²) in [4.78, 5) is 22.6. The zero-order valence-electron chi connectivity index (χ0n) is 8.06. The number of hydrogen-bond donors (Lipinski definition) is 1. The number of nitro groups is 1. The first-order valence-corrected chi connectivity index (χ1v) is 4.16. The maximum atomic E-state index is 12.8. The van der Waals surface area contributed by atoms with Crippen LogP contribution in [0.2, 0.25) is 0 Å². The molecule has 6 nitrogen and oxygen atoms in total. The first-order valence-electron chi connectivity index (χ1n) is 4.16. The fourth-order valence-corrected chi connectivity index (χ4v) is 1.22. The van der Waals surface area contributed by atoms with Gasteiger partial charge >= 0.3 is 5.97 Å². The number of rotatable bonds is 4. The summed E-state index contributed by atoms with van der Waals surface area (Å²) in [6, 6.07) is 0.310. The van der Waals surface area contributed by atoms with Crippen molar-refractivity contribution in [1.82, 2.24) is 4.98 Å². The van der Waals surface area contributed by atoms with E-state index >= 15 is 0 Å². The minimum absolute atomic E-state index is 0.310. The molecule has 0 radical (unpaired) electrons. The molecule has 17 heavy (non-hydrogen) atoms. The molecule has 1 N–H and O–H groups in total. The monoisotopic (exact) mass is 250 g/mol. The van der Waals surface area contributed by atoms with Crippen LogP contribution in [-0.4, -0.2) is 21.0 Å². The van der Waals surface area contributed by atoms with Crippen LogP contribution in [0, 0.1) is 16.1 Å². The second-order valence-corrected chi connectivity index (χ2v) is 2.96. The molecule has 1 heterocycles. The van der Waals surface area contributed by atoms with Crippen LogP contribution < -0.4 is 0 Å². The van der Waals surface area contributed by atoms with E-state index < -0.39 is 46.6 Å². The quantitative estimate of drug-likeness (QED) is 0.498. The molecular formula is C8H5F3N2O4. The van der Waals surface area contributed by atoms with Crippen LogP contribution in [0.3, 0.4) is 0 Å². The molecule has 0 bridgehead atoms. The van der Waals surface area contributed by atoms with Crippen molar-refractivity contribution in [1.29, 1.82) is 0 Å². The second kappa shape index (κ2) is 4.76. The first-order chi connectivity index (χ1) is 7.82. The van der Waals surface area contributed by atoms with Crippen molar-refractivity contribution >= 4 is 11.7 Å². The van der Waals surface area contributed by atoms with Crippen LogP contribution in [0.4, 0.5) is 18.9 Å². The van der Waals surface area contributed by atoms with Crippen LogP contribution in [0.25, 0.3) is 0 Å². The highest BCUT2D eigenvalue weighted by molar-refractivity contribution is 5.72. The summed E-state index contributed by atoms with van der Waals surface area (Å²) in [6.07, 6.45) is -4.32. The van der Waals surface area contributed by atoms with Crippen LogP contribution in [0.1, 0.15) is 17.7 Å². The lowest BCUT2D eigenvalue weighted by atomic mass is 10.1. The molecule has 0 saturated heterocycles. The average Bonchev–Trinajstić information content (AvgIpc) is 2.18. The first kappa shape index (κ1) is 12.9. The van der Waals surface area contributed by atoms with E-state index in [4.69, 9.17) is 5.11 Å². The normalized spacial score (nSPS) is 10.6. The Hall–Kier alpha value is -2.19. The Kier molecular flexibility index (Phi) is 3.61. The number of hydrogen-bond acceptors (Lipinski definition) is 4. The molecule has 1 aromatic rings. The van der Waals surface area contributed by atoms with Crippen LogP contribution in [0.15, 0.2) is 6.07 Å². The van der Waals surface area contributed by atoms with Gasteiger partial charge in [0.1, 0.15) is 5.69 Å². The van der Waals surface area contributed by atoms with E-state index in [1.165, 1.54) is 0 Å². The predicted octanol–water partition coefficient (Wildman–Crippen LogP) is 1.69. The maximum absolute atomic E-state index is 12.8. The standard InChI is InChI=1S/C8H5F3N2O4/c9-5-2-4(13(16)17)3(1-6(14)15)7(12-5)8(10)11/h2,8H,1H2,(H,14,15). The largest absolute Gasteiger partial charge is 0.481 e. The predicted molar refractivity (Wildman–Crippen MR) is 47.1 cm³/mol. The number of halogens is 3. The molecule has 0 amide bonds. The second-order valence-electron chi connectivity index (χ2n) is 2.96. The molecule has 0 spiro atoms. The highest BCUT2D eigenvalue weighted by Gasteiger charge is 2.27. The average molecular weight is 250 g/mol. The smallest absolute Gasteiger partial charge is 0.308 e. The van der Waals surface area contributed by atoms with Crippen molar-refractivity contribution < 1.29 is 28.0 Å². The van der Waals surface area contributed by atoms with Gasteiger partial charge in [0.15, 0.2) is 0 Å². The van der Waals surface area contributed by atoms with E-state index in [1.54, 1.807) is 0 Å². The van der Waals surface area contributed by atoms with Gasteiger partial charge in [0, 0.05) is 0 Å². The van der Waals surface area contributed by atoms with E-state index in [2.05, 4.69) is 4.98 Å². The number of nitrogens with zero attached hydrogens (tertiary/aromatic N) is 2. The van der Waals surface area contributed by atoms with E-state index in [1.807, 2.05) is 0 Å².